The predicted octanol–water partition coefficient (Wildman–Crippen LogP) is 2.10. The van der Waals surface area contributed by atoms with E-state index in [0.29, 0.717) is 0 Å². The minimum Gasteiger partial charge on any atom is -0.454 e. The fraction of sp³-hybridized carbons (Fsp3) is 0.286. The van der Waals surface area contributed by atoms with Crippen molar-refractivity contribution < 1.29 is 4.74 Å². The second kappa shape index (κ2) is 5.09. The summed E-state index contributed by atoms with van der Waals surface area (Å²) in [6, 6.07) is 0. The third kappa shape index (κ3) is 6.95. The first-order chi connectivity index (χ1) is 4.27. The Labute approximate surface area is 55.6 Å². The van der Waals surface area contributed by atoms with Crippen LogP contribution in [-0.2, 0) is 4.74 Å². The van der Waals surface area contributed by atoms with Gasteiger partial charge in [-0.3, -0.25) is 0 Å². The summed E-state index contributed by atoms with van der Waals surface area (Å²) < 4.78 is 4.61. The van der Waals surface area contributed by atoms with E-state index >= 15 is 0 Å². The highest BCUT2D eigenvalue weighted by Crippen LogP contribution is 1.86. The molecule has 0 radical (unpaired) electrons. The largest absolute Gasteiger partial charge is 0.454 e. The Hall–Kier alpha value is -1.05. The number of hydrogen-bond donors (Lipinski definition) is 0. The molecule has 0 aliphatic carbocycles. The van der Waals surface area contributed by atoms with Crippen LogP contribution < -0.4 is 0 Å². The summed E-state index contributed by atoms with van der Waals surface area (Å²) in [7, 11) is 0. The number of allylic oxidation sites excluding steroid dienone is 1. The SMILES string of the molecule is C=COC=NC=C(C)C. The van der Waals surface area contributed by atoms with Crippen LogP contribution in [0.5, 0.6) is 0 Å². The van der Waals surface area contributed by atoms with Crippen molar-refractivity contribution in [3.8, 4) is 0 Å². The predicted molar refractivity (Wildman–Crippen MR) is 39.2 cm³/mol. The highest BCUT2D eigenvalue weighted by atomic mass is 16.5. The average Bonchev–Trinajstić information content (AvgIpc) is 1.80. The third-order valence-electron chi connectivity index (χ3n) is 0.551. The van der Waals surface area contributed by atoms with Crippen molar-refractivity contribution in [3.63, 3.8) is 0 Å². The van der Waals surface area contributed by atoms with Gasteiger partial charge in [-0.25, -0.2) is 4.99 Å². The molecule has 2 nitrogen and oxygen atoms in total. The lowest BCUT2D eigenvalue weighted by Gasteiger charge is -1.83. The maximum absolute atomic E-state index is 4.61. The molecule has 0 spiro atoms. The van der Waals surface area contributed by atoms with Crippen LogP contribution in [0.3, 0.4) is 0 Å². The molecular formula is C7H11NO. The summed E-state index contributed by atoms with van der Waals surface area (Å²) >= 11 is 0. The summed E-state index contributed by atoms with van der Waals surface area (Å²) in [6.07, 6.45) is 4.37. The van der Waals surface area contributed by atoms with E-state index in [1.165, 1.54) is 12.7 Å². The van der Waals surface area contributed by atoms with Gasteiger partial charge in [0, 0.05) is 6.20 Å². The smallest absolute Gasteiger partial charge is 0.180 e. The molecule has 2 heteroatoms. The van der Waals surface area contributed by atoms with Gasteiger partial charge >= 0.3 is 0 Å². The van der Waals surface area contributed by atoms with Gasteiger partial charge in [0.15, 0.2) is 6.40 Å². The van der Waals surface area contributed by atoms with E-state index in [9.17, 15) is 0 Å². The molecule has 9 heavy (non-hydrogen) atoms. The summed E-state index contributed by atoms with van der Waals surface area (Å²) in [5, 5.41) is 0. The first kappa shape index (κ1) is 7.95. The van der Waals surface area contributed by atoms with E-state index in [0.717, 1.165) is 5.57 Å². The molecule has 0 atom stereocenters. The van der Waals surface area contributed by atoms with E-state index in [-0.39, 0.29) is 0 Å². The van der Waals surface area contributed by atoms with Gasteiger partial charge < -0.3 is 4.74 Å². The van der Waals surface area contributed by atoms with E-state index in [1.807, 2.05) is 13.8 Å². The minimum absolute atomic E-state index is 1.14. The number of ether oxygens (including phenoxy) is 1. The second-order valence-corrected chi connectivity index (χ2v) is 1.76. The Morgan fingerprint density at radius 3 is 2.67 bits per heavy atom. The van der Waals surface area contributed by atoms with Gasteiger partial charge in [-0.05, 0) is 13.8 Å². The van der Waals surface area contributed by atoms with Crippen LogP contribution in [0.2, 0.25) is 0 Å². The van der Waals surface area contributed by atoms with Gasteiger partial charge in [0.2, 0.25) is 0 Å². The highest BCUT2D eigenvalue weighted by molar-refractivity contribution is 5.48. The lowest BCUT2D eigenvalue weighted by Crippen LogP contribution is -1.71. The number of hydrogen-bond acceptors (Lipinski definition) is 2. The van der Waals surface area contributed by atoms with Crippen LogP contribution in [0.15, 0.2) is 29.6 Å². The van der Waals surface area contributed by atoms with Gasteiger partial charge in [0.25, 0.3) is 0 Å². The quantitative estimate of drug-likeness (QED) is 0.321. The van der Waals surface area contributed by atoms with Crippen LogP contribution in [0, 0.1) is 0 Å². The zero-order chi connectivity index (χ0) is 7.11. The normalized spacial score (nSPS) is 9.11. The molecule has 50 valence electrons. The Morgan fingerprint density at radius 1 is 1.56 bits per heavy atom. The first-order valence-corrected chi connectivity index (χ1v) is 2.68. The average molecular weight is 125 g/mol. The lowest BCUT2D eigenvalue weighted by molar-refractivity contribution is 0.496. The topological polar surface area (TPSA) is 21.6 Å². The molecule has 0 aliphatic rings. The molecule has 0 saturated carbocycles. The van der Waals surface area contributed by atoms with Crippen molar-refractivity contribution in [2.45, 2.75) is 13.8 Å². The summed E-state index contributed by atoms with van der Waals surface area (Å²) in [5.41, 5.74) is 1.14. The van der Waals surface area contributed by atoms with Gasteiger partial charge in [0.05, 0.1) is 6.26 Å². The molecule has 0 aromatic carbocycles. The second-order valence-electron chi connectivity index (χ2n) is 1.76. The van der Waals surface area contributed by atoms with Gasteiger partial charge in [0.1, 0.15) is 0 Å². The zero-order valence-corrected chi connectivity index (χ0v) is 5.79. The zero-order valence-electron chi connectivity index (χ0n) is 5.79. The molecular weight excluding hydrogens is 114 g/mol. The van der Waals surface area contributed by atoms with Crippen molar-refractivity contribution in [2.75, 3.05) is 0 Å². The number of nitrogens with zero attached hydrogens (tertiary/aromatic N) is 1. The van der Waals surface area contributed by atoms with E-state index in [2.05, 4.69) is 16.3 Å². The molecule has 0 aromatic rings. The summed E-state index contributed by atoms with van der Waals surface area (Å²) in [6.45, 7) is 7.27. The van der Waals surface area contributed by atoms with Crippen molar-refractivity contribution >= 4 is 6.40 Å². The Morgan fingerprint density at radius 2 is 2.22 bits per heavy atom. The molecule has 0 N–H and O–H groups in total. The lowest BCUT2D eigenvalue weighted by atomic mass is 10.4. The number of rotatable bonds is 3. The van der Waals surface area contributed by atoms with Crippen LogP contribution in [-0.4, -0.2) is 6.40 Å². The summed E-state index contributed by atoms with van der Waals surface area (Å²) in [4.78, 5) is 3.78. The monoisotopic (exact) mass is 125 g/mol. The van der Waals surface area contributed by atoms with E-state index < -0.39 is 0 Å². The van der Waals surface area contributed by atoms with Gasteiger partial charge in [-0.15, -0.1) is 0 Å². The Kier molecular flexibility index (Phi) is 4.50. The molecule has 0 unspecified atom stereocenters. The summed E-state index contributed by atoms with van der Waals surface area (Å²) in [5.74, 6) is 0. The van der Waals surface area contributed by atoms with Crippen molar-refractivity contribution in [3.05, 3.63) is 24.6 Å². The molecule has 0 aliphatic heterocycles. The van der Waals surface area contributed by atoms with Crippen molar-refractivity contribution in [1.29, 1.82) is 0 Å². The standard InChI is InChI=1S/C7H11NO/c1-4-9-6-8-5-7(2)3/h4-6H,1H2,2-3H3. The van der Waals surface area contributed by atoms with Crippen LogP contribution in [0.4, 0.5) is 0 Å². The van der Waals surface area contributed by atoms with Crippen LogP contribution >= 0.6 is 0 Å². The maximum atomic E-state index is 4.61. The number of aliphatic imine (C=N–C) groups is 1. The van der Waals surface area contributed by atoms with Crippen LogP contribution in [0.25, 0.3) is 0 Å². The fourth-order valence-corrected chi connectivity index (χ4v) is 0.258. The Balaban J connectivity index is 3.47. The molecule has 0 heterocycles. The van der Waals surface area contributed by atoms with Crippen molar-refractivity contribution in [1.82, 2.24) is 0 Å². The molecule has 0 aromatic heterocycles. The fourth-order valence-electron chi connectivity index (χ4n) is 0.258. The maximum Gasteiger partial charge on any atom is 0.180 e. The molecule has 0 bridgehead atoms. The third-order valence-corrected chi connectivity index (χ3v) is 0.551. The van der Waals surface area contributed by atoms with Gasteiger partial charge in [-0.1, -0.05) is 12.2 Å². The molecule has 0 saturated heterocycles. The first-order valence-electron chi connectivity index (χ1n) is 2.68. The van der Waals surface area contributed by atoms with E-state index in [1.54, 1.807) is 6.20 Å². The van der Waals surface area contributed by atoms with Crippen LogP contribution in [0.1, 0.15) is 13.8 Å². The molecule has 0 fully saturated rings. The molecule has 0 amide bonds. The highest BCUT2D eigenvalue weighted by Gasteiger charge is 1.69. The van der Waals surface area contributed by atoms with Crippen molar-refractivity contribution in [2.24, 2.45) is 4.99 Å². The van der Waals surface area contributed by atoms with E-state index in [4.69, 9.17) is 0 Å². The van der Waals surface area contributed by atoms with Gasteiger partial charge in [-0.2, -0.15) is 0 Å². The minimum atomic E-state index is 1.14. The Bertz CT molecular complexity index is 132. The molecule has 0 rings (SSSR count).